The fourth-order valence-electron chi connectivity index (χ4n) is 4.81. The molecule has 0 aromatic heterocycles. The molecule has 4 nitrogen and oxygen atoms in total. The molecule has 2 aliphatic carbocycles. The van der Waals surface area contributed by atoms with E-state index in [1.807, 2.05) is 4.90 Å². The number of rotatable bonds is 3. The highest BCUT2D eigenvalue weighted by Crippen LogP contribution is 2.48. The van der Waals surface area contributed by atoms with E-state index in [4.69, 9.17) is 10.5 Å². The van der Waals surface area contributed by atoms with E-state index in [0.717, 1.165) is 32.4 Å². The zero-order valence-electron chi connectivity index (χ0n) is 14.3. The molecule has 2 N–H and O–H groups in total. The van der Waals surface area contributed by atoms with Gasteiger partial charge in [0.05, 0.1) is 5.92 Å². The van der Waals surface area contributed by atoms with Gasteiger partial charge in [0, 0.05) is 32.0 Å². The number of hydrogen-bond acceptors (Lipinski definition) is 3. The number of carbonyl (C=O) groups is 1. The van der Waals surface area contributed by atoms with Crippen LogP contribution in [0.15, 0.2) is 24.3 Å². The fourth-order valence-corrected chi connectivity index (χ4v) is 4.81. The summed E-state index contributed by atoms with van der Waals surface area (Å²) in [7, 11) is 0. The van der Waals surface area contributed by atoms with Gasteiger partial charge in [-0.1, -0.05) is 0 Å². The molecule has 1 saturated heterocycles. The van der Waals surface area contributed by atoms with Crippen molar-refractivity contribution in [3.05, 3.63) is 30.1 Å². The maximum absolute atomic E-state index is 12.9. The third kappa shape index (κ3) is 3.63. The first-order valence-electron chi connectivity index (χ1n) is 9.08. The SMILES string of the molecule is Cl.NC1C2CCC(C2)C1C(=O)N1CCC(Oc2ccc(F)cc2)CC1. The normalized spacial score (nSPS) is 31.7. The minimum atomic E-state index is -0.259. The summed E-state index contributed by atoms with van der Waals surface area (Å²) in [5, 5.41) is 0. The van der Waals surface area contributed by atoms with Crippen LogP contribution >= 0.6 is 12.4 Å². The molecule has 3 aliphatic rings. The van der Waals surface area contributed by atoms with Crippen LogP contribution in [0, 0.1) is 23.6 Å². The van der Waals surface area contributed by atoms with Crippen molar-refractivity contribution < 1.29 is 13.9 Å². The van der Waals surface area contributed by atoms with Crippen LogP contribution < -0.4 is 10.5 Å². The van der Waals surface area contributed by atoms with Gasteiger partial charge in [0.1, 0.15) is 17.7 Å². The minimum absolute atomic E-state index is 0. The van der Waals surface area contributed by atoms with Gasteiger partial charge in [0.15, 0.2) is 0 Å². The molecule has 2 saturated carbocycles. The Labute approximate surface area is 154 Å². The van der Waals surface area contributed by atoms with Crippen LogP contribution in [0.3, 0.4) is 0 Å². The monoisotopic (exact) mass is 368 g/mol. The number of carbonyl (C=O) groups excluding carboxylic acids is 1. The number of benzene rings is 1. The van der Waals surface area contributed by atoms with Crippen molar-refractivity contribution in [2.75, 3.05) is 13.1 Å². The molecular formula is C19H26ClFN2O2. The highest BCUT2D eigenvalue weighted by Gasteiger charge is 2.50. The van der Waals surface area contributed by atoms with Gasteiger partial charge < -0.3 is 15.4 Å². The third-order valence-electron chi connectivity index (χ3n) is 6.14. The molecule has 1 heterocycles. The van der Waals surface area contributed by atoms with Gasteiger partial charge in [-0.15, -0.1) is 12.4 Å². The molecule has 3 fully saturated rings. The average Bonchev–Trinajstić information content (AvgIpc) is 3.18. The molecule has 1 aromatic carbocycles. The number of ether oxygens (including phenoxy) is 1. The van der Waals surface area contributed by atoms with Crippen molar-refractivity contribution in [2.45, 2.75) is 44.2 Å². The number of amides is 1. The van der Waals surface area contributed by atoms with Crippen molar-refractivity contribution >= 4 is 18.3 Å². The molecule has 4 rings (SSSR count). The van der Waals surface area contributed by atoms with E-state index in [1.165, 1.54) is 25.0 Å². The van der Waals surface area contributed by atoms with Gasteiger partial charge >= 0.3 is 0 Å². The molecule has 0 radical (unpaired) electrons. The number of piperidine rings is 1. The molecule has 1 aliphatic heterocycles. The van der Waals surface area contributed by atoms with Crippen molar-refractivity contribution in [3.63, 3.8) is 0 Å². The van der Waals surface area contributed by atoms with Crippen molar-refractivity contribution in [3.8, 4) is 5.75 Å². The summed E-state index contributed by atoms with van der Waals surface area (Å²) in [6.45, 7) is 1.45. The second-order valence-electron chi connectivity index (χ2n) is 7.53. The van der Waals surface area contributed by atoms with Crippen LogP contribution in [-0.2, 0) is 4.79 Å². The lowest BCUT2D eigenvalue weighted by molar-refractivity contribution is -0.139. The highest BCUT2D eigenvalue weighted by molar-refractivity contribution is 5.85. The summed E-state index contributed by atoms with van der Waals surface area (Å²) in [5.41, 5.74) is 6.31. The molecule has 4 unspecified atom stereocenters. The first kappa shape index (κ1) is 18.5. The second kappa shape index (κ2) is 7.50. The predicted octanol–water partition coefficient (Wildman–Crippen LogP) is 2.99. The number of nitrogens with zero attached hydrogens (tertiary/aromatic N) is 1. The van der Waals surface area contributed by atoms with Gasteiger partial charge in [-0.25, -0.2) is 4.39 Å². The number of hydrogen-bond donors (Lipinski definition) is 1. The Morgan fingerprint density at radius 3 is 2.32 bits per heavy atom. The van der Waals surface area contributed by atoms with E-state index < -0.39 is 0 Å². The number of likely N-dealkylation sites (tertiary alicyclic amines) is 1. The fraction of sp³-hybridized carbons (Fsp3) is 0.632. The first-order valence-corrected chi connectivity index (χ1v) is 9.08. The summed E-state index contributed by atoms with van der Waals surface area (Å²) >= 11 is 0. The van der Waals surface area contributed by atoms with E-state index in [-0.39, 0.29) is 42.2 Å². The van der Waals surface area contributed by atoms with Crippen LogP contribution in [0.2, 0.25) is 0 Å². The molecule has 4 atom stereocenters. The first-order chi connectivity index (χ1) is 11.6. The molecular weight excluding hydrogens is 343 g/mol. The van der Waals surface area contributed by atoms with Gasteiger partial charge in [-0.3, -0.25) is 4.79 Å². The van der Waals surface area contributed by atoms with Crippen LogP contribution in [0.25, 0.3) is 0 Å². The quantitative estimate of drug-likeness (QED) is 0.892. The zero-order chi connectivity index (χ0) is 16.7. The summed E-state index contributed by atoms with van der Waals surface area (Å²) in [6.07, 6.45) is 5.23. The van der Waals surface area contributed by atoms with E-state index in [1.54, 1.807) is 12.1 Å². The molecule has 6 heteroatoms. The van der Waals surface area contributed by atoms with Crippen molar-refractivity contribution in [2.24, 2.45) is 23.5 Å². The van der Waals surface area contributed by atoms with Gasteiger partial charge in [0.25, 0.3) is 0 Å². The number of nitrogens with two attached hydrogens (primary N) is 1. The largest absolute Gasteiger partial charge is 0.490 e. The smallest absolute Gasteiger partial charge is 0.227 e. The minimum Gasteiger partial charge on any atom is -0.490 e. The Hall–Kier alpha value is -1.33. The predicted molar refractivity (Wildman–Crippen MR) is 96.2 cm³/mol. The van der Waals surface area contributed by atoms with Crippen molar-refractivity contribution in [1.29, 1.82) is 0 Å². The third-order valence-corrected chi connectivity index (χ3v) is 6.14. The molecule has 2 bridgehead atoms. The summed E-state index contributed by atoms with van der Waals surface area (Å²) in [4.78, 5) is 14.8. The molecule has 138 valence electrons. The van der Waals surface area contributed by atoms with Crippen molar-refractivity contribution in [1.82, 2.24) is 4.90 Å². The summed E-state index contributed by atoms with van der Waals surface area (Å²) < 4.78 is 18.8. The maximum Gasteiger partial charge on any atom is 0.227 e. The maximum atomic E-state index is 12.9. The molecule has 1 aromatic rings. The van der Waals surface area contributed by atoms with E-state index in [0.29, 0.717) is 17.6 Å². The van der Waals surface area contributed by atoms with Crippen LogP contribution in [-0.4, -0.2) is 36.0 Å². The Balaban J connectivity index is 0.00000182. The standard InChI is InChI=1S/C19H25FN2O2.ClH/c20-14-3-5-15(6-4-14)24-16-7-9-22(10-8-16)19(23)17-12-1-2-13(11-12)18(17)21;/h3-6,12-13,16-18H,1-2,7-11,21H2;1H. The van der Waals surface area contributed by atoms with E-state index in [2.05, 4.69) is 0 Å². The summed E-state index contributed by atoms with van der Waals surface area (Å²) in [5.74, 6) is 1.79. The van der Waals surface area contributed by atoms with Crippen LogP contribution in [0.5, 0.6) is 5.75 Å². The Bertz CT molecular complexity index is 602. The van der Waals surface area contributed by atoms with Gasteiger partial charge in [-0.2, -0.15) is 0 Å². The van der Waals surface area contributed by atoms with Gasteiger partial charge in [-0.05, 0) is 55.4 Å². The zero-order valence-corrected chi connectivity index (χ0v) is 15.1. The lowest BCUT2D eigenvalue weighted by atomic mass is 9.83. The van der Waals surface area contributed by atoms with E-state index in [9.17, 15) is 9.18 Å². The Morgan fingerprint density at radius 2 is 1.72 bits per heavy atom. The second-order valence-corrected chi connectivity index (χ2v) is 7.53. The summed E-state index contributed by atoms with van der Waals surface area (Å²) in [6, 6.07) is 6.18. The number of fused-ring (bicyclic) bond motifs is 2. The Morgan fingerprint density at radius 1 is 1.08 bits per heavy atom. The van der Waals surface area contributed by atoms with E-state index >= 15 is 0 Å². The highest BCUT2D eigenvalue weighted by atomic mass is 35.5. The molecule has 25 heavy (non-hydrogen) atoms. The topological polar surface area (TPSA) is 55.6 Å². The molecule has 1 amide bonds. The number of halogens is 2. The van der Waals surface area contributed by atoms with Gasteiger partial charge in [0.2, 0.25) is 5.91 Å². The Kier molecular flexibility index (Phi) is 5.54. The van der Waals surface area contributed by atoms with Crippen LogP contribution in [0.4, 0.5) is 4.39 Å². The average molecular weight is 369 g/mol. The van der Waals surface area contributed by atoms with Crippen LogP contribution in [0.1, 0.15) is 32.1 Å². The molecule has 0 spiro atoms. The lowest BCUT2D eigenvalue weighted by Crippen LogP contribution is -2.50. The lowest BCUT2D eigenvalue weighted by Gasteiger charge is -2.37.